The van der Waals surface area contributed by atoms with Crippen molar-refractivity contribution in [3.05, 3.63) is 66.0 Å². The molecule has 6 heteroatoms. The molecule has 24 heavy (non-hydrogen) atoms. The molecule has 1 saturated carbocycles. The summed E-state index contributed by atoms with van der Waals surface area (Å²) in [6.07, 6.45) is 0. The van der Waals surface area contributed by atoms with Gasteiger partial charge in [0.05, 0.1) is 22.3 Å². The summed E-state index contributed by atoms with van der Waals surface area (Å²) < 4.78 is 45.0. The summed E-state index contributed by atoms with van der Waals surface area (Å²) in [5.41, 5.74) is 5.93. The highest BCUT2D eigenvalue weighted by atomic mass is 32.2. The molecule has 0 amide bonds. The van der Waals surface area contributed by atoms with Gasteiger partial charge >= 0.3 is 0 Å². The number of halogens is 1. The number of rotatable bonds is 6. The molecule has 1 aliphatic rings. The molecule has 3 rings (SSSR count). The lowest BCUT2D eigenvalue weighted by atomic mass is 10.1. The molecular weight excluding hydrogens is 329 g/mol. The Hall–Kier alpha value is -1.76. The molecule has 1 aliphatic carbocycles. The van der Waals surface area contributed by atoms with Gasteiger partial charge in [-0.1, -0.05) is 30.3 Å². The van der Waals surface area contributed by atoms with E-state index in [1.165, 1.54) is 12.1 Å². The normalized spacial score (nSPS) is 26.3. The molecule has 0 heterocycles. The zero-order chi connectivity index (χ0) is 17.4. The van der Waals surface area contributed by atoms with Crippen LogP contribution in [-0.2, 0) is 14.6 Å². The number of ether oxygens (including phenoxy) is 1. The second kappa shape index (κ2) is 6.27. The van der Waals surface area contributed by atoms with Crippen LogP contribution in [0.3, 0.4) is 0 Å². The fourth-order valence-corrected chi connectivity index (χ4v) is 5.60. The first-order valence-electron chi connectivity index (χ1n) is 7.82. The van der Waals surface area contributed by atoms with Gasteiger partial charge in [0.25, 0.3) is 0 Å². The number of hydrogen-bond donors (Lipinski definition) is 1. The summed E-state index contributed by atoms with van der Waals surface area (Å²) >= 11 is 0. The maximum absolute atomic E-state index is 13.6. The number of hydrogen-bond acceptors (Lipinski definition) is 4. The Morgan fingerprint density at radius 3 is 2.50 bits per heavy atom. The van der Waals surface area contributed by atoms with Gasteiger partial charge in [0.1, 0.15) is 5.82 Å². The molecule has 2 N–H and O–H groups in total. The third-order valence-electron chi connectivity index (χ3n) is 4.47. The van der Waals surface area contributed by atoms with Crippen LogP contribution in [0.25, 0.3) is 0 Å². The zero-order valence-corrected chi connectivity index (χ0v) is 14.2. The monoisotopic (exact) mass is 349 g/mol. The van der Waals surface area contributed by atoms with Crippen molar-refractivity contribution in [2.45, 2.75) is 28.5 Å². The Labute approximate surface area is 141 Å². The molecule has 0 aliphatic heterocycles. The molecule has 2 aromatic carbocycles. The Balaban J connectivity index is 2.01. The van der Waals surface area contributed by atoms with Gasteiger partial charge in [-0.25, -0.2) is 12.8 Å². The van der Waals surface area contributed by atoms with E-state index in [0.29, 0.717) is 12.2 Å². The molecule has 0 radical (unpaired) electrons. The summed E-state index contributed by atoms with van der Waals surface area (Å²) in [4.78, 5) is 0.222. The maximum atomic E-state index is 13.6. The standard InChI is InChI=1S/C18H20FNO3S/c1-2-23-12-18(20)16(13-7-6-8-14(19)11-13)17(18)24(21,22)15-9-4-3-5-10-15/h3-11,16-17H,2,12,20H2,1H3/t16-,17+,18-/m0/s1. The van der Waals surface area contributed by atoms with Gasteiger partial charge < -0.3 is 10.5 Å². The molecule has 2 aromatic rings. The van der Waals surface area contributed by atoms with E-state index >= 15 is 0 Å². The van der Waals surface area contributed by atoms with Crippen LogP contribution in [0.2, 0.25) is 0 Å². The summed E-state index contributed by atoms with van der Waals surface area (Å²) in [5.74, 6) is -0.904. The van der Waals surface area contributed by atoms with Crippen LogP contribution in [0.1, 0.15) is 18.4 Å². The molecule has 1 fully saturated rings. The van der Waals surface area contributed by atoms with Crippen molar-refractivity contribution >= 4 is 9.84 Å². The quantitative estimate of drug-likeness (QED) is 0.870. The van der Waals surface area contributed by atoms with Crippen LogP contribution in [0.15, 0.2) is 59.5 Å². The van der Waals surface area contributed by atoms with Crippen molar-refractivity contribution in [1.82, 2.24) is 0 Å². The third kappa shape index (κ3) is 2.85. The van der Waals surface area contributed by atoms with Crippen molar-refractivity contribution in [1.29, 1.82) is 0 Å². The Morgan fingerprint density at radius 1 is 1.17 bits per heavy atom. The molecule has 3 atom stereocenters. The maximum Gasteiger partial charge on any atom is 0.183 e. The third-order valence-corrected chi connectivity index (χ3v) is 6.78. The molecule has 0 aromatic heterocycles. The van der Waals surface area contributed by atoms with Gasteiger partial charge in [-0.15, -0.1) is 0 Å². The van der Waals surface area contributed by atoms with Crippen LogP contribution in [0, 0.1) is 5.82 Å². The molecule has 0 spiro atoms. The number of sulfone groups is 1. The first-order valence-corrected chi connectivity index (χ1v) is 9.37. The van der Waals surface area contributed by atoms with Crippen molar-refractivity contribution in [2.24, 2.45) is 5.73 Å². The van der Waals surface area contributed by atoms with Gasteiger partial charge in [-0.2, -0.15) is 0 Å². The van der Waals surface area contributed by atoms with E-state index in [2.05, 4.69) is 0 Å². The van der Waals surface area contributed by atoms with Crippen LogP contribution >= 0.6 is 0 Å². The topological polar surface area (TPSA) is 69.4 Å². The van der Waals surface area contributed by atoms with Gasteiger partial charge in [0.2, 0.25) is 0 Å². The molecule has 0 saturated heterocycles. The van der Waals surface area contributed by atoms with Crippen LogP contribution < -0.4 is 5.73 Å². The highest BCUT2D eigenvalue weighted by Gasteiger charge is 2.69. The van der Waals surface area contributed by atoms with E-state index in [9.17, 15) is 12.8 Å². The second-order valence-corrected chi connectivity index (χ2v) is 8.13. The van der Waals surface area contributed by atoms with Gasteiger partial charge in [0.15, 0.2) is 9.84 Å². The minimum atomic E-state index is -3.64. The minimum absolute atomic E-state index is 0.113. The lowest BCUT2D eigenvalue weighted by molar-refractivity contribution is 0.125. The predicted molar refractivity (Wildman–Crippen MR) is 90.0 cm³/mol. The summed E-state index contributed by atoms with van der Waals surface area (Å²) in [7, 11) is -3.64. The fraction of sp³-hybridized carbons (Fsp3) is 0.333. The van der Waals surface area contributed by atoms with Crippen molar-refractivity contribution in [2.75, 3.05) is 13.2 Å². The average molecular weight is 349 g/mol. The van der Waals surface area contributed by atoms with E-state index in [4.69, 9.17) is 10.5 Å². The molecular formula is C18H20FNO3S. The Morgan fingerprint density at radius 2 is 1.88 bits per heavy atom. The number of nitrogens with two attached hydrogens (primary N) is 1. The summed E-state index contributed by atoms with van der Waals surface area (Å²) in [6, 6.07) is 14.2. The SMILES string of the molecule is CCOC[C@@]1(N)[C@H](S(=O)(=O)c2ccccc2)[C@@H]1c1cccc(F)c1. The smallest absolute Gasteiger partial charge is 0.183 e. The molecule has 128 valence electrons. The molecule has 0 unspecified atom stereocenters. The fourth-order valence-electron chi connectivity index (χ4n) is 3.28. The van der Waals surface area contributed by atoms with E-state index in [1.54, 1.807) is 42.5 Å². The lowest BCUT2D eigenvalue weighted by Gasteiger charge is -2.12. The highest BCUT2D eigenvalue weighted by Crippen LogP contribution is 2.55. The Bertz CT molecular complexity index is 825. The second-order valence-electron chi connectivity index (χ2n) is 6.06. The highest BCUT2D eigenvalue weighted by molar-refractivity contribution is 7.92. The molecule has 0 bridgehead atoms. The molecule has 4 nitrogen and oxygen atoms in total. The Kier molecular flexibility index (Phi) is 4.46. The first-order chi connectivity index (χ1) is 11.4. The largest absolute Gasteiger partial charge is 0.380 e. The predicted octanol–water partition coefficient (Wildman–Crippen LogP) is 2.50. The zero-order valence-electron chi connectivity index (χ0n) is 13.4. The van der Waals surface area contributed by atoms with Gasteiger partial charge in [-0.3, -0.25) is 0 Å². The van der Waals surface area contributed by atoms with Gasteiger partial charge in [0, 0.05) is 12.5 Å². The summed E-state index contributed by atoms with van der Waals surface area (Å²) in [5, 5.41) is -0.833. The van der Waals surface area contributed by atoms with Crippen molar-refractivity contribution in [3.8, 4) is 0 Å². The lowest BCUT2D eigenvalue weighted by Crippen LogP contribution is -2.36. The average Bonchev–Trinajstić information content (AvgIpc) is 3.21. The van der Waals surface area contributed by atoms with Crippen molar-refractivity contribution < 1.29 is 17.5 Å². The van der Waals surface area contributed by atoms with E-state index in [-0.39, 0.29) is 11.5 Å². The van der Waals surface area contributed by atoms with E-state index in [0.717, 1.165) is 0 Å². The first kappa shape index (κ1) is 17.1. The van der Waals surface area contributed by atoms with Gasteiger partial charge in [-0.05, 0) is 36.8 Å². The van der Waals surface area contributed by atoms with E-state index < -0.39 is 32.4 Å². The van der Waals surface area contributed by atoms with Crippen LogP contribution in [0.5, 0.6) is 0 Å². The van der Waals surface area contributed by atoms with Crippen LogP contribution in [0.4, 0.5) is 4.39 Å². The minimum Gasteiger partial charge on any atom is -0.380 e. The number of benzene rings is 2. The van der Waals surface area contributed by atoms with Crippen LogP contribution in [-0.4, -0.2) is 32.4 Å². The van der Waals surface area contributed by atoms with E-state index in [1.807, 2.05) is 6.92 Å². The summed E-state index contributed by atoms with van der Waals surface area (Å²) in [6.45, 7) is 2.37. The van der Waals surface area contributed by atoms with Crippen molar-refractivity contribution in [3.63, 3.8) is 0 Å².